The van der Waals surface area contributed by atoms with Gasteiger partial charge in [-0.25, -0.2) is 0 Å². The molecule has 0 saturated carbocycles. The molecule has 0 saturated heterocycles. The van der Waals surface area contributed by atoms with E-state index in [4.69, 9.17) is 34.8 Å². The number of rotatable bonds is 1. The summed E-state index contributed by atoms with van der Waals surface area (Å²) in [5.74, 6) is -0.211. The summed E-state index contributed by atoms with van der Waals surface area (Å²) in [5.41, 5.74) is 1.09. The van der Waals surface area contributed by atoms with E-state index in [0.717, 1.165) is 5.54 Å². The molecular weight excluding hydrogens is 210 g/mol. The van der Waals surface area contributed by atoms with Crippen LogP contribution in [-0.2, 0) is 9.53 Å². The van der Waals surface area contributed by atoms with Gasteiger partial charge < -0.3 is 4.74 Å². The van der Waals surface area contributed by atoms with Crippen LogP contribution in [0.2, 0.25) is 0 Å². The summed E-state index contributed by atoms with van der Waals surface area (Å²) in [4.78, 5) is 9.82. The third kappa shape index (κ3) is 25.5. The first-order valence-corrected chi connectivity index (χ1v) is 3.98. The molecule has 11 heavy (non-hydrogen) atoms. The smallest absolute Gasteiger partial charge is 0.302 e. The first-order valence-electron chi connectivity index (χ1n) is 2.79. The molecule has 0 bridgehead atoms. The zero-order valence-electron chi connectivity index (χ0n) is 6.23. The number of carbonyl (C=O) groups excluding carboxylic acids is 1. The van der Waals surface area contributed by atoms with Gasteiger partial charge in [-0.05, 0) is 6.92 Å². The van der Waals surface area contributed by atoms with E-state index in [0.29, 0.717) is 6.61 Å². The molecule has 0 aliphatic heterocycles. The van der Waals surface area contributed by atoms with Gasteiger partial charge >= 0.3 is 5.97 Å². The molecule has 0 aromatic rings. The lowest BCUT2D eigenvalue weighted by Gasteiger charge is -1.89. The fraction of sp³-hybridized carbons (Fsp3) is 0.500. The van der Waals surface area contributed by atoms with Crippen molar-refractivity contribution in [3.8, 4) is 0 Å². The van der Waals surface area contributed by atoms with Gasteiger partial charge in [-0.2, -0.15) is 0 Å². The molecule has 0 amide bonds. The van der Waals surface area contributed by atoms with Crippen LogP contribution < -0.4 is 0 Å². The SMILES string of the molecule is CCOC(C)=O.ClC=C(Cl)Cl. The van der Waals surface area contributed by atoms with Crippen molar-refractivity contribution < 1.29 is 9.53 Å². The van der Waals surface area contributed by atoms with Gasteiger partial charge in [0, 0.05) is 12.5 Å². The number of halogens is 3. The summed E-state index contributed by atoms with van der Waals surface area (Å²) in [6.07, 6.45) is 0. The average Bonchev–Trinajstić information content (AvgIpc) is 1.89. The number of esters is 1. The van der Waals surface area contributed by atoms with Crippen molar-refractivity contribution in [3.05, 3.63) is 10.0 Å². The van der Waals surface area contributed by atoms with E-state index >= 15 is 0 Å². The van der Waals surface area contributed by atoms with Gasteiger partial charge in [0.1, 0.15) is 4.49 Å². The fourth-order valence-corrected chi connectivity index (χ4v) is 0.203. The maximum absolute atomic E-state index is 9.82. The summed E-state index contributed by atoms with van der Waals surface area (Å²) in [6.45, 7) is 3.65. The zero-order valence-corrected chi connectivity index (χ0v) is 8.50. The number of ether oxygens (including phenoxy) is 1. The molecule has 0 aliphatic rings. The molecule has 66 valence electrons. The standard InChI is InChI=1S/C4H8O2.C2HCl3/c1-3-6-4(2)5;3-1-2(4)5/h3H2,1-2H3;1H. The average molecular weight is 219 g/mol. The highest BCUT2D eigenvalue weighted by atomic mass is 35.5. The van der Waals surface area contributed by atoms with Crippen LogP contribution in [0.5, 0.6) is 0 Å². The van der Waals surface area contributed by atoms with Crippen LogP contribution in [0.4, 0.5) is 0 Å². The number of carbonyl (C=O) groups is 1. The highest BCUT2D eigenvalue weighted by molar-refractivity contribution is 6.58. The van der Waals surface area contributed by atoms with E-state index in [1.54, 1.807) is 6.92 Å². The van der Waals surface area contributed by atoms with Crippen LogP contribution in [-0.4, -0.2) is 12.6 Å². The Hall–Kier alpha value is 0.0800. The Morgan fingerprint density at radius 2 is 1.91 bits per heavy atom. The summed E-state index contributed by atoms with van der Waals surface area (Å²) in [7, 11) is 0. The second-order valence-electron chi connectivity index (χ2n) is 1.32. The van der Waals surface area contributed by atoms with Crippen molar-refractivity contribution in [2.45, 2.75) is 13.8 Å². The van der Waals surface area contributed by atoms with Crippen molar-refractivity contribution in [1.29, 1.82) is 0 Å². The molecule has 0 fully saturated rings. The molecule has 0 radical (unpaired) electrons. The first kappa shape index (κ1) is 13.7. The van der Waals surface area contributed by atoms with Crippen LogP contribution in [0.25, 0.3) is 0 Å². The Morgan fingerprint density at radius 3 is 1.91 bits per heavy atom. The predicted octanol–water partition coefficient (Wildman–Crippen LogP) is 3.07. The molecular formula is C6H9Cl3O2. The molecule has 0 aliphatic carbocycles. The van der Waals surface area contributed by atoms with Gasteiger partial charge in [0.05, 0.1) is 6.61 Å². The maximum Gasteiger partial charge on any atom is 0.302 e. The first-order chi connectivity index (χ1) is 5.04. The van der Waals surface area contributed by atoms with E-state index in [2.05, 4.69) is 4.74 Å². The van der Waals surface area contributed by atoms with E-state index in [1.807, 2.05) is 0 Å². The second-order valence-corrected chi connectivity index (χ2v) is 2.55. The minimum atomic E-state index is -0.211. The minimum absolute atomic E-state index is 0.0895. The van der Waals surface area contributed by atoms with Crippen LogP contribution in [0.1, 0.15) is 13.8 Å². The molecule has 0 spiro atoms. The fourth-order valence-electron chi connectivity index (χ4n) is 0.203. The second kappa shape index (κ2) is 10.1. The summed E-state index contributed by atoms with van der Waals surface area (Å²) in [6, 6.07) is 0. The minimum Gasteiger partial charge on any atom is -0.466 e. The summed E-state index contributed by atoms with van der Waals surface area (Å²) >= 11 is 14.8. The van der Waals surface area contributed by atoms with Gasteiger partial charge in [0.25, 0.3) is 0 Å². The van der Waals surface area contributed by atoms with Crippen molar-refractivity contribution >= 4 is 40.8 Å². The Labute approximate surface area is 81.1 Å². The Morgan fingerprint density at radius 1 is 1.55 bits per heavy atom. The molecule has 0 atom stereocenters. The van der Waals surface area contributed by atoms with E-state index in [-0.39, 0.29) is 10.5 Å². The molecule has 0 rings (SSSR count). The van der Waals surface area contributed by atoms with Gasteiger partial charge in [-0.3, -0.25) is 4.79 Å². The lowest BCUT2D eigenvalue weighted by molar-refractivity contribution is -0.140. The van der Waals surface area contributed by atoms with Crippen LogP contribution in [0, 0.1) is 0 Å². The third-order valence-corrected chi connectivity index (χ3v) is 1.09. The van der Waals surface area contributed by atoms with Crippen molar-refractivity contribution in [2.24, 2.45) is 0 Å². The molecule has 0 heterocycles. The molecule has 0 N–H and O–H groups in total. The lowest BCUT2D eigenvalue weighted by Crippen LogP contribution is -1.95. The maximum atomic E-state index is 9.82. The highest BCUT2D eigenvalue weighted by Crippen LogP contribution is 2.05. The van der Waals surface area contributed by atoms with Gasteiger partial charge in [0.2, 0.25) is 0 Å². The molecule has 2 nitrogen and oxygen atoms in total. The molecule has 5 heteroatoms. The Kier molecular flexibility index (Phi) is 12.5. The number of hydrogen-bond acceptors (Lipinski definition) is 2. The third-order valence-electron chi connectivity index (χ3n) is 0.430. The summed E-state index contributed by atoms with van der Waals surface area (Å²) in [5, 5.41) is 0. The highest BCUT2D eigenvalue weighted by Gasteiger charge is 1.81. The zero-order chi connectivity index (χ0) is 9.28. The summed E-state index contributed by atoms with van der Waals surface area (Å²) < 4.78 is 4.49. The lowest BCUT2D eigenvalue weighted by atomic mass is 10.8. The molecule has 0 aromatic heterocycles. The van der Waals surface area contributed by atoms with E-state index in [9.17, 15) is 4.79 Å². The monoisotopic (exact) mass is 218 g/mol. The predicted molar refractivity (Wildman–Crippen MR) is 47.9 cm³/mol. The van der Waals surface area contributed by atoms with Crippen LogP contribution >= 0.6 is 34.8 Å². The van der Waals surface area contributed by atoms with Crippen LogP contribution in [0.15, 0.2) is 10.0 Å². The Bertz CT molecular complexity index is 130. The topological polar surface area (TPSA) is 26.3 Å². The van der Waals surface area contributed by atoms with Crippen molar-refractivity contribution in [1.82, 2.24) is 0 Å². The van der Waals surface area contributed by atoms with Gasteiger partial charge in [-0.1, -0.05) is 34.8 Å². The quantitative estimate of drug-likeness (QED) is 0.634. The Balaban J connectivity index is 0. The molecule has 0 unspecified atom stereocenters. The largest absolute Gasteiger partial charge is 0.466 e. The van der Waals surface area contributed by atoms with Crippen molar-refractivity contribution in [2.75, 3.05) is 6.61 Å². The van der Waals surface area contributed by atoms with Gasteiger partial charge in [-0.15, -0.1) is 0 Å². The van der Waals surface area contributed by atoms with Crippen molar-refractivity contribution in [3.63, 3.8) is 0 Å². The normalized spacial score (nSPS) is 7.36. The van der Waals surface area contributed by atoms with Gasteiger partial charge in [0.15, 0.2) is 0 Å². The van der Waals surface area contributed by atoms with Crippen LogP contribution in [0.3, 0.4) is 0 Å². The van der Waals surface area contributed by atoms with E-state index < -0.39 is 0 Å². The van der Waals surface area contributed by atoms with E-state index in [1.165, 1.54) is 6.92 Å². The number of hydrogen-bond donors (Lipinski definition) is 0. The molecule has 0 aromatic carbocycles.